The Morgan fingerprint density at radius 3 is 2.36 bits per heavy atom. The van der Waals surface area contributed by atoms with Gasteiger partial charge >= 0.3 is 0 Å². The summed E-state index contributed by atoms with van der Waals surface area (Å²) in [7, 11) is 6.18. The predicted molar refractivity (Wildman–Crippen MR) is 116 cm³/mol. The number of nitrogens with one attached hydrogen (secondary N) is 1. The van der Waals surface area contributed by atoms with Gasteiger partial charge in [0.25, 0.3) is 0 Å². The highest BCUT2D eigenvalue weighted by molar-refractivity contribution is 5.64. The first-order chi connectivity index (χ1) is 13.6. The third-order valence-corrected chi connectivity index (χ3v) is 4.50. The van der Waals surface area contributed by atoms with E-state index in [1.54, 1.807) is 0 Å². The first-order valence-corrected chi connectivity index (χ1v) is 9.55. The lowest BCUT2D eigenvalue weighted by atomic mass is 10.1. The fourth-order valence-electron chi connectivity index (χ4n) is 2.82. The quantitative estimate of drug-likeness (QED) is 0.619. The molecule has 0 atom stereocenters. The number of nitrogens with zero attached hydrogens (tertiary/aromatic N) is 5. The van der Waals surface area contributed by atoms with Crippen LogP contribution in [0.3, 0.4) is 0 Å². The summed E-state index contributed by atoms with van der Waals surface area (Å²) in [5.74, 6) is 1.57. The van der Waals surface area contributed by atoms with Gasteiger partial charge in [0.05, 0.1) is 5.69 Å². The molecule has 0 unspecified atom stereocenters. The van der Waals surface area contributed by atoms with Gasteiger partial charge in [0.1, 0.15) is 5.82 Å². The highest BCUT2D eigenvalue weighted by Gasteiger charge is 2.10. The summed E-state index contributed by atoms with van der Waals surface area (Å²) in [5, 5.41) is 3.36. The fraction of sp³-hybridized carbons (Fsp3) is 0.318. The van der Waals surface area contributed by atoms with Gasteiger partial charge in [0.2, 0.25) is 5.95 Å². The number of hydrogen-bond acceptors (Lipinski definition) is 6. The van der Waals surface area contributed by atoms with E-state index in [1.165, 1.54) is 5.56 Å². The molecule has 6 nitrogen and oxygen atoms in total. The van der Waals surface area contributed by atoms with Crippen molar-refractivity contribution < 1.29 is 0 Å². The van der Waals surface area contributed by atoms with E-state index in [4.69, 9.17) is 9.97 Å². The van der Waals surface area contributed by atoms with Crippen molar-refractivity contribution in [1.82, 2.24) is 19.9 Å². The van der Waals surface area contributed by atoms with Crippen molar-refractivity contribution in [2.24, 2.45) is 0 Å². The maximum atomic E-state index is 4.74. The topological polar surface area (TPSA) is 57.2 Å². The Kier molecular flexibility index (Phi) is 6.92. The van der Waals surface area contributed by atoms with Gasteiger partial charge < -0.3 is 15.1 Å². The molecular weight excluding hydrogens is 348 g/mol. The zero-order valence-corrected chi connectivity index (χ0v) is 16.8. The molecular formula is C22H28N6. The molecule has 146 valence electrons. The Morgan fingerprint density at radius 1 is 0.893 bits per heavy atom. The molecule has 1 aromatic carbocycles. The van der Waals surface area contributed by atoms with Gasteiger partial charge in [-0.15, -0.1) is 0 Å². The molecule has 2 heterocycles. The van der Waals surface area contributed by atoms with Crippen LogP contribution < -0.4 is 10.2 Å². The smallest absolute Gasteiger partial charge is 0.225 e. The molecule has 3 aromatic rings. The highest BCUT2D eigenvalue weighted by atomic mass is 15.2. The van der Waals surface area contributed by atoms with Crippen LogP contribution in [0.1, 0.15) is 5.56 Å². The monoisotopic (exact) mass is 376 g/mol. The van der Waals surface area contributed by atoms with E-state index in [0.29, 0.717) is 5.95 Å². The second kappa shape index (κ2) is 9.80. The molecule has 0 radical (unpaired) electrons. The van der Waals surface area contributed by atoms with Gasteiger partial charge in [-0.1, -0.05) is 30.3 Å². The fourth-order valence-corrected chi connectivity index (χ4v) is 2.82. The van der Waals surface area contributed by atoms with Crippen molar-refractivity contribution in [3.05, 3.63) is 66.5 Å². The summed E-state index contributed by atoms with van der Waals surface area (Å²) in [6.07, 6.45) is 4.60. The Morgan fingerprint density at radius 2 is 1.64 bits per heavy atom. The Bertz CT molecular complexity index is 851. The van der Waals surface area contributed by atoms with E-state index < -0.39 is 0 Å². The van der Waals surface area contributed by atoms with Crippen LogP contribution in [0.25, 0.3) is 11.3 Å². The summed E-state index contributed by atoms with van der Waals surface area (Å²) in [4.78, 5) is 17.9. The van der Waals surface area contributed by atoms with Crippen molar-refractivity contribution in [2.75, 3.05) is 51.0 Å². The lowest BCUT2D eigenvalue weighted by Crippen LogP contribution is -2.24. The van der Waals surface area contributed by atoms with E-state index in [2.05, 4.69) is 71.6 Å². The second-order valence-electron chi connectivity index (χ2n) is 7.06. The van der Waals surface area contributed by atoms with E-state index >= 15 is 0 Å². The van der Waals surface area contributed by atoms with Crippen molar-refractivity contribution in [3.8, 4) is 11.3 Å². The van der Waals surface area contributed by atoms with Crippen molar-refractivity contribution >= 4 is 11.8 Å². The van der Waals surface area contributed by atoms with Gasteiger partial charge in [-0.25, -0.2) is 4.98 Å². The molecule has 0 aliphatic carbocycles. The summed E-state index contributed by atoms with van der Waals surface area (Å²) in [6.45, 7) is 2.59. The standard InChI is InChI=1S/C22H28N6/c1-27(2)16-14-24-22-25-20(19-7-5-4-6-8-19)17-21(26-22)28(3)15-11-18-9-12-23-13-10-18/h4-10,12-13,17H,11,14-16H2,1-3H3,(H,24,25,26). The van der Waals surface area contributed by atoms with E-state index in [9.17, 15) is 0 Å². The molecule has 0 spiro atoms. The third kappa shape index (κ3) is 5.76. The second-order valence-corrected chi connectivity index (χ2v) is 7.06. The first-order valence-electron chi connectivity index (χ1n) is 9.55. The number of rotatable bonds is 9. The zero-order valence-electron chi connectivity index (χ0n) is 16.8. The summed E-state index contributed by atoms with van der Waals surface area (Å²) in [6, 6.07) is 16.4. The SMILES string of the molecule is CN(C)CCNc1nc(-c2ccccc2)cc(N(C)CCc2ccncc2)n1. The number of likely N-dealkylation sites (N-methyl/N-ethyl adjacent to an activating group) is 2. The van der Waals surface area contributed by atoms with Crippen molar-refractivity contribution in [3.63, 3.8) is 0 Å². The molecule has 1 N–H and O–H groups in total. The maximum Gasteiger partial charge on any atom is 0.225 e. The van der Waals surface area contributed by atoms with Gasteiger partial charge in [-0.3, -0.25) is 4.98 Å². The number of pyridine rings is 1. The minimum absolute atomic E-state index is 0.661. The Balaban J connectivity index is 1.79. The average Bonchev–Trinajstić information content (AvgIpc) is 2.73. The van der Waals surface area contributed by atoms with Crippen LogP contribution in [0.4, 0.5) is 11.8 Å². The van der Waals surface area contributed by atoms with Crippen LogP contribution in [-0.2, 0) is 6.42 Å². The van der Waals surface area contributed by atoms with Crippen LogP contribution in [0.2, 0.25) is 0 Å². The minimum Gasteiger partial charge on any atom is -0.359 e. The molecule has 0 saturated carbocycles. The molecule has 0 aliphatic rings. The summed E-state index contributed by atoms with van der Waals surface area (Å²) < 4.78 is 0. The molecule has 3 rings (SSSR count). The predicted octanol–water partition coefficient (Wildman–Crippen LogP) is 3.19. The maximum absolute atomic E-state index is 4.74. The van der Waals surface area contributed by atoms with Gasteiger partial charge in [-0.2, -0.15) is 4.98 Å². The lowest BCUT2D eigenvalue weighted by molar-refractivity contribution is 0.425. The molecule has 28 heavy (non-hydrogen) atoms. The van der Waals surface area contributed by atoms with Crippen molar-refractivity contribution in [2.45, 2.75) is 6.42 Å². The largest absolute Gasteiger partial charge is 0.359 e. The van der Waals surface area contributed by atoms with Gasteiger partial charge in [-0.05, 0) is 38.2 Å². The van der Waals surface area contributed by atoms with Crippen LogP contribution in [0.5, 0.6) is 0 Å². The molecule has 0 fully saturated rings. The summed E-state index contributed by atoms with van der Waals surface area (Å²) >= 11 is 0. The zero-order chi connectivity index (χ0) is 19.8. The number of anilines is 2. The molecule has 2 aromatic heterocycles. The molecule has 0 bridgehead atoms. The average molecular weight is 377 g/mol. The van der Waals surface area contributed by atoms with Crippen LogP contribution in [-0.4, -0.2) is 60.6 Å². The molecule has 0 amide bonds. The molecule has 6 heteroatoms. The van der Waals surface area contributed by atoms with Gasteiger partial charge in [0.15, 0.2) is 0 Å². The third-order valence-electron chi connectivity index (χ3n) is 4.50. The number of benzene rings is 1. The first kappa shape index (κ1) is 19.8. The number of hydrogen-bond donors (Lipinski definition) is 1. The highest BCUT2D eigenvalue weighted by Crippen LogP contribution is 2.23. The molecule has 0 saturated heterocycles. The van der Waals surface area contributed by atoms with E-state index in [1.807, 2.05) is 30.6 Å². The lowest BCUT2D eigenvalue weighted by Gasteiger charge is -2.20. The van der Waals surface area contributed by atoms with E-state index in [-0.39, 0.29) is 0 Å². The Hall–Kier alpha value is -2.99. The van der Waals surface area contributed by atoms with Crippen LogP contribution in [0.15, 0.2) is 60.9 Å². The minimum atomic E-state index is 0.661. The van der Waals surface area contributed by atoms with E-state index in [0.717, 1.165) is 43.1 Å². The van der Waals surface area contributed by atoms with Crippen molar-refractivity contribution in [1.29, 1.82) is 0 Å². The Labute approximate surface area is 167 Å². The van der Waals surface area contributed by atoms with Crippen LogP contribution >= 0.6 is 0 Å². The number of aromatic nitrogens is 3. The molecule has 0 aliphatic heterocycles. The van der Waals surface area contributed by atoms with Crippen LogP contribution in [0, 0.1) is 0 Å². The van der Waals surface area contributed by atoms with Gasteiger partial charge in [0, 0.05) is 50.7 Å². The normalized spacial score (nSPS) is 10.9. The summed E-state index contributed by atoms with van der Waals surface area (Å²) in [5.41, 5.74) is 3.28.